The van der Waals surface area contributed by atoms with Gasteiger partial charge < -0.3 is 4.98 Å². The Bertz CT molecular complexity index is 947. The Hall–Kier alpha value is -1.95. The second-order valence-corrected chi connectivity index (χ2v) is 7.06. The molecule has 0 bridgehead atoms. The van der Waals surface area contributed by atoms with E-state index in [1.807, 2.05) is 25.6 Å². The van der Waals surface area contributed by atoms with Gasteiger partial charge in [-0.2, -0.15) is 5.10 Å². The summed E-state index contributed by atoms with van der Waals surface area (Å²) in [7, 11) is 1.91. The average Bonchev–Trinajstić information content (AvgIpc) is 2.96. The summed E-state index contributed by atoms with van der Waals surface area (Å²) in [5.41, 5.74) is 4.06. The quantitative estimate of drug-likeness (QED) is 0.751. The van der Waals surface area contributed by atoms with Crippen LogP contribution in [0.15, 0.2) is 4.79 Å². The van der Waals surface area contributed by atoms with Gasteiger partial charge in [0.05, 0.1) is 16.6 Å². The summed E-state index contributed by atoms with van der Waals surface area (Å²) in [6.45, 7) is 3.95. The number of nitrogens with one attached hydrogen (secondary N) is 1. The van der Waals surface area contributed by atoms with E-state index in [4.69, 9.17) is 4.98 Å². The molecule has 0 amide bonds. The van der Waals surface area contributed by atoms with E-state index in [2.05, 4.69) is 10.1 Å². The maximum Gasteiger partial charge on any atom is 0.260 e. The normalized spacial score (nSPS) is 14.5. The van der Waals surface area contributed by atoms with Gasteiger partial charge in [-0.3, -0.25) is 9.48 Å². The zero-order valence-electron chi connectivity index (χ0n) is 13.0. The van der Waals surface area contributed by atoms with Crippen LogP contribution in [0.2, 0.25) is 0 Å². The summed E-state index contributed by atoms with van der Waals surface area (Å²) in [5, 5.41) is 5.23. The molecule has 3 aromatic heterocycles. The van der Waals surface area contributed by atoms with Gasteiger partial charge in [-0.05, 0) is 45.1 Å². The van der Waals surface area contributed by atoms with Crippen molar-refractivity contribution in [2.75, 3.05) is 0 Å². The van der Waals surface area contributed by atoms with E-state index >= 15 is 0 Å². The highest BCUT2D eigenvalue weighted by Crippen LogP contribution is 2.34. The second kappa shape index (κ2) is 4.78. The Morgan fingerprint density at radius 1 is 1.23 bits per heavy atom. The first-order valence-corrected chi connectivity index (χ1v) is 8.43. The fourth-order valence-electron chi connectivity index (χ4n) is 3.40. The highest BCUT2D eigenvalue weighted by molar-refractivity contribution is 7.18. The van der Waals surface area contributed by atoms with Crippen LogP contribution >= 0.6 is 11.3 Å². The van der Waals surface area contributed by atoms with Crippen molar-refractivity contribution in [2.24, 2.45) is 7.05 Å². The number of aromatic nitrogens is 4. The topological polar surface area (TPSA) is 63.6 Å². The first-order valence-electron chi connectivity index (χ1n) is 7.61. The van der Waals surface area contributed by atoms with Crippen molar-refractivity contribution >= 4 is 21.6 Å². The fraction of sp³-hybridized carbons (Fsp3) is 0.438. The lowest BCUT2D eigenvalue weighted by Gasteiger charge is -2.09. The first kappa shape index (κ1) is 13.7. The summed E-state index contributed by atoms with van der Waals surface area (Å²) in [6, 6.07) is 0. The summed E-state index contributed by atoms with van der Waals surface area (Å²) in [6.07, 6.45) is 4.47. The van der Waals surface area contributed by atoms with Crippen molar-refractivity contribution in [1.82, 2.24) is 19.7 Å². The summed E-state index contributed by atoms with van der Waals surface area (Å²) in [5.74, 6) is 0.638. The number of rotatable bonds is 1. The van der Waals surface area contributed by atoms with Gasteiger partial charge in [0.2, 0.25) is 0 Å². The minimum Gasteiger partial charge on any atom is -0.306 e. The predicted octanol–water partition coefficient (Wildman–Crippen LogP) is 2.88. The molecule has 1 aliphatic carbocycles. The third-order valence-corrected chi connectivity index (χ3v) is 5.76. The van der Waals surface area contributed by atoms with Crippen molar-refractivity contribution in [3.05, 3.63) is 32.2 Å². The molecule has 4 rings (SSSR count). The number of thiophene rings is 1. The molecule has 5 nitrogen and oxygen atoms in total. The molecule has 1 N–H and O–H groups in total. The highest BCUT2D eigenvalue weighted by atomic mass is 32.1. The molecule has 0 aliphatic heterocycles. The molecule has 0 radical (unpaired) electrons. The van der Waals surface area contributed by atoms with Crippen molar-refractivity contribution in [3.8, 4) is 11.4 Å². The van der Waals surface area contributed by atoms with Gasteiger partial charge in [0.15, 0.2) is 0 Å². The highest BCUT2D eigenvalue weighted by Gasteiger charge is 2.21. The lowest BCUT2D eigenvalue weighted by Crippen LogP contribution is -2.11. The molecular formula is C16H18N4OS. The van der Waals surface area contributed by atoms with Crippen LogP contribution in [0.1, 0.15) is 34.7 Å². The van der Waals surface area contributed by atoms with Crippen LogP contribution in [-0.4, -0.2) is 19.7 Å². The smallest absolute Gasteiger partial charge is 0.260 e. The van der Waals surface area contributed by atoms with Crippen LogP contribution in [0.5, 0.6) is 0 Å². The van der Waals surface area contributed by atoms with Crippen LogP contribution in [0.4, 0.5) is 0 Å². The number of aryl methyl sites for hydroxylation is 4. The van der Waals surface area contributed by atoms with Crippen molar-refractivity contribution in [2.45, 2.75) is 39.5 Å². The molecular weight excluding hydrogens is 296 g/mol. The molecule has 1 aliphatic rings. The Morgan fingerprint density at radius 2 is 2.00 bits per heavy atom. The minimum absolute atomic E-state index is 0.0120. The molecule has 0 unspecified atom stereocenters. The number of fused-ring (bicyclic) bond motifs is 3. The number of hydrogen-bond donors (Lipinski definition) is 1. The first-order chi connectivity index (χ1) is 10.6. The van der Waals surface area contributed by atoms with Crippen LogP contribution < -0.4 is 5.56 Å². The van der Waals surface area contributed by atoms with Gasteiger partial charge >= 0.3 is 0 Å². The van der Waals surface area contributed by atoms with E-state index in [0.717, 1.165) is 40.0 Å². The summed E-state index contributed by atoms with van der Waals surface area (Å²) < 4.78 is 1.83. The molecule has 0 saturated carbocycles. The Kier molecular flexibility index (Phi) is 2.97. The molecule has 0 spiro atoms. The number of aromatic amines is 1. The van der Waals surface area contributed by atoms with Gasteiger partial charge in [0.1, 0.15) is 10.7 Å². The number of H-pyrrole nitrogens is 1. The lowest BCUT2D eigenvalue weighted by molar-refractivity contribution is 0.700. The zero-order valence-corrected chi connectivity index (χ0v) is 13.8. The van der Waals surface area contributed by atoms with Crippen molar-refractivity contribution in [3.63, 3.8) is 0 Å². The van der Waals surface area contributed by atoms with E-state index in [1.165, 1.54) is 23.3 Å². The third-order valence-electron chi connectivity index (χ3n) is 4.57. The number of nitrogens with zero attached hydrogens (tertiary/aromatic N) is 3. The zero-order chi connectivity index (χ0) is 15.4. The molecule has 114 valence electrons. The van der Waals surface area contributed by atoms with E-state index in [0.29, 0.717) is 5.82 Å². The van der Waals surface area contributed by atoms with Gasteiger partial charge in [0, 0.05) is 17.6 Å². The lowest BCUT2D eigenvalue weighted by atomic mass is 9.97. The monoisotopic (exact) mass is 314 g/mol. The Labute approximate surface area is 132 Å². The van der Waals surface area contributed by atoms with Gasteiger partial charge in [-0.15, -0.1) is 11.3 Å². The van der Waals surface area contributed by atoms with Crippen LogP contribution in [-0.2, 0) is 19.9 Å². The molecule has 0 atom stereocenters. The van der Waals surface area contributed by atoms with E-state index in [-0.39, 0.29) is 5.56 Å². The van der Waals surface area contributed by atoms with Crippen LogP contribution in [0.3, 0.4) is 0 Å². The second-order valence-electron chi connectivity index (χ2n) is 5.98. The summed E-state index contributed by atoms with van der Waals surface area (Å²) >= 11 is 1.68. The minimum atomic E-state index is -0.0120. The van der Waals surface area contributed by atoms with Gasteiger partial charge in [-0.1, -0.05) is 0 Å². The molecule has 6 heteroatoms. The van der Waals surface area contributed by atoms with Gasteiger partial charge in [-0.25, -0.2) is 4.98 Å². The standard InChI is InChI=1S/C16H18N4OS/c1-8-12(9(2)20(3)19-8)14-17-15(21)13-10-6-4-5-7-11(10)22-16(13)18-14/h4-7H2,1-3H3,(H,17,18,21). The SMILES string of the molecule is Cc1nn(C)c(C)c1-c1nc2sc3c(c2c(=O)[nH]1)CCCC3. The Balaban J connectivity index is 2.00. The average molecular weight is 314 g/mol. The third kappa shape index (κ3) is 1.86. The van der Waals surface area contributed by atoms with E-state index < -0.39 is 0 Å². The van der Waals surface area contributed by atoms with E-state index in [1.54, 1.807) is 11.3 Å². The molecule has 0 saturated heterocycles. The van der Waals surface area contributed by atoms with E-state index in [9.17, 15) is 4.79 Å². The largest absolute Gasteiger partial charge is 0.306 e. The molecule has 3 heterocycles. The molecule has 0 fully saturated rings. The number of hydrogen-bond acceptors (Lipinski definition) is 4. The predicted molar refractivity (Wildman–Crippen MR) is 88.6 cm³/mol. The molecule has 22 heavy (non-hydrogen) atoms. The molecule has 3 aromatic rings. The van der Waals surface area contributed by atoms with Crippen LogP contribution in [0.25, 0.3) is 21.6 Å². The fourth-order valence-corrected chi connectivity index (χ4v) is 4.66. The Morgan fingerprint density at radius 3 is 2.73 bits per heavy atom. The molecule has 0 aromatic carbocycles. The summed E-state index contributed by atoms with van der Waals surface area (Å²) in [4.78, 5) is 22.6. The maximum atomic E-state index is 12.6. The van der Waals surface area contributed by atoms with Gasteiger partial charge in [0.25, 0.3) is 5.56 Å². The van der Waals surface area contributed by atoms with Crippen molar-refractivity contribution < 1.29 is 0 Å². The maximum absolute atomic E-state index is 12.6. The van der Waals surface area contributed by atoms with Crippen LogP contribution in [0, 0.1) is 13.8 Å². The van der Waals surface area contributed by atoms with Crippen molar-refractivity contribution in [1.29, 1.82) is 0 Å².